The van der Waals surface area contributed by atoms with Crippen molar-refractivity contribution in [3.8, 4) is 0 Å². The molecule has 0 fully saturated rings. The number of rotatable bonds is 15. The van der Waals surface area contributed by atoms with Gasteiger partial charge in [0.1, 0.15) is 0 Å². The monoisotopic (exact) mass is 348 g/mol. The van der Waals surface area contributed by atoms with E-state index in [1.165, 1.54) is 89.2 Å². The lowest BCUT2D eigenvalue weighted by atomic mass is 10.1. The molecule has 0 atom stereocenters. The molecule has 0 bridgehead atoms. The molecule has 0 aliphatic rings. The van der Waals surface area contributed by atoms with Gasteiger partial charge in [0.05, 0.1) is 0 Å². The van der Waals surface area contributed by atoms with Gasteiger partial charge >= 0.3 is 0 Å². The zero-order valence-electron chi connectivity index (χ0n) is 12.8. The van der Waals surface area contributed by atoms with Crippen LogP contribution in [0.25, 0.3) is 0 Å². The maximum absolute atomic E-state index is 3.40. The minimum absolute atomic E-state index is 1.26. The Hall–Kier alpha value is 0.570. The molecule has 0 radical (unpaired) electrons. The van der Waals surface area contributed by atoms with E-state index in [-0.39, 0.29) is 0 Å². The second-order valence-electron chi connectivity index (χ2n) is 5.40. The van der Waals surface area contributed by atoms with E-state index >= 15 is 0 Å². The minimum atomic E-state index is 1.26. The van der Waals surface area contributed by atoms with Crippen molar-refractivity contribution in [2.24, 2.45) is 0 Å². The van der Waals surface area contributed by atoms with Gasteiger partial charge in [0.2, 0.25) is 0 Å². The Bertz CT molecular complexity index is 180. The van der Waals surface area contributed by atoms with Gasteiger partial charge in [-0.2, -0.15) is 0 Å². The van der Waals surface area contributed by atoms with Crippen LogP contribution in [-0.2, 0) is 0 Å². The Labute approximate surface area is 133 Å². The standard InChI is InChI=1S/C17H33BrS/c1-2-3-4-5-6-7-8-9-10-11-12-13-14-15-16-17-19-18/h9-10H,2-8,11-17H2,1H3/b10-9-. The van der Waals surface area contributed by atoms with E-state index in [9.17, 15) is 0 Å². The fourth-order valence-corrected chi connectivity index (χ4v) is 3.23. The summed E-state index contributed by atoms with van der Waals surface area (Å²) in [4.78, 5) is 0. The van der Waals surface area contributed by atoms with Gasteiger partial charge in [0.25, 0.3) is 0 Å². The Kier molecular flexibility index (Phi) is 19.1. The molecule has 0 heterocycles. The molecule has 0 N–H and O–H groups in total. The smallest absolute Gasteiger partial charge is 0.00425 e. The molecule has 0 nitrogen and oxygen atoms in total. The summed E-state index contributed by atoms with van der Waals surface area (Å²) in [5.74, 6) is 1.26. The molecule has 0 rings (SSSR count). The van der Waals surface area contributed by atoms with Crippen LogP contribution < -0.4 is 0 Å². The van der Waals surface area contributed by atoms with E-state index in [1.54, 1.807) is 10.2 Å². The van der Waals surface area contributed by atoms with E-state index < -0.39 is 0 Å². The van der Waals surface area contributed by atoms with E-state index in [4.69, 9.17) is 0 Å². The van der Waals surface area contributed by atoms with E-state index in [2.05, 4.69) is 33.9 Å². The molecule has 0 spiro atoms. The summed E-state index contributed by atoms with van der Waals surface area (Å²) in [6.07, 6.45) is 22.9. The fourth-order valence-electron chi connectivity index (χ4n) is 2.23. The van der Waals surface area contributed by atoms with Crippen LogP contribution in [0.15, 0.2) is 12.2 Å². The molecule has 0 amide bonds. The largest absolute Gasteiger partial charge is 0.0885 e. The molecule has 0 saturated heterocycles. The maximum atomic E-state index is 3.40. The summed E-state index contributed by atoms with van der Waals surface area (Å²) in [5.41, 5.74) is 0. The quantitative estimate of drug-likeness (QED) is 0.216. The third-order valence-electron chi connectivity index (χ3n) is 3.48. The van der Waals surface area contributed by atoms with Crippen molar-refractivity contribution in [3.63, 3.8) is 0 Å². The van der Waals surface area contributed by atoms with Gasteiger partial charge in [-0.05, 0) is 46.9 Å². The number of unbranched alkanes of at least 4 members (excludes halogenated alkanes) is 11. The Morgan fingerprint density at radius 1 is 0.684 bits per heavy atom. The van der Waals surface area contributed by atoms with Gasteiger partial charge in [-0.1, -0.05) is 80.6 Å². The first-order valence-electron chi connectivity index (χ1n) is 8.30. The predicted octanol–water partition coefficient (Wildman–Crippen LogP) is 7.68. The van der Waals surface area contributed by atoms with Crippen molar-refractivity contribution in [2.45, 2.75) is 90.4 Å². The lowest BCUT2D eigenvalue weighted by Gasteiger charge is -1.99. The van der Waals surface area contributed by atoms with Gasteiger partial charge < -0.3 is 0 Å². The van der Waals surface area contributed by atoms with E-state index in [0.29, 0.717) is 0 Å². The van der Waals surface area contributed by atoms with Crippen molar-refractivity contribution in [1.82, 2.24) is 0 Å². The van der Waals surface area contributed by atoms with Crippen molar-refractivity contribution in [2.75, 3.05) is 5.75 Å². The molecule has 114 valence electrons. The Morgan fingerprint density at radius 3 is 1.68 bits per heavy atom. The Morgan fingerprint density at radius 2 is 1.16 bits per heavy atom. The first kappa shape index (κ1) is 19.6. The highest BCUT2D eigenvalue weighted by Gasteiger charge is 1.90. The third-order valence-corrected chi connectivity index (χ3v) is 4.90. The molecule has 0 aromatic carbocycles. The molecule has 0 aromatic rings. The molecular weight excluding hydrogens is 316 g/mol. The van der Waals surface area contributed by atoms with Gasteiger partial charge in [0.15, 0.2) is 0 Å². The van der Waals surface area contributed by atoms with Crippen LogP contribution in [0, 0.1) is 0 Å². The Balaban J connectivity index is 3.01. The normalized spacial score (nSPS) is 11.5. The first-order valence-corrected chi connectivity index (χ1v) is 11.1. The summed E-state index contributed by atoms with van der Waals surface area (Å²) < 4.78 is 0. The predicted molar refractivity (Wildman–Crippen MR) is 96.2 cm³/mol. The molecule has 0 saturated carbocycles. The second-order valence-corrected chi connectivity index (χ2v) is 7.40. The zero-order valence-corrected chi connectivity index (χ0v) is 15.2. The SMILES string of the molecule is CCCCCCCC/C=C\CCCCCCCSBr. The number of halogens is 1. The molecule has 0 aliphatic heterocycles. The maximum Gasteiger partial charge on any atom is 0.00425 e. The molecule has 19 heavy (non-hydrogen) atoms. The summed E-state index contributed by atoms with van der Waals surface area (Å²) in [7, 11) is 1.79. The van der Waals surface area contributed by atoms with E-state index in [0.717, 1.165) is 0 Å². The van der Waals surface area contributed by atoms with Crippen LogP contribution in [0.5, 0.6) is 0 Å². The number of hydrogen-bond acceptors (Lipinski definition) is 1. The third kappa shape index (κ3) is 18.6. The van der Waals surface area contributed by atoms with Gasteiger partial charge in [-0.25, -0.2) is 0 Å². The fraction of sp³-hybridized carbons (Fsp3) is 0.882. The van der Waals surface area contributed by atoms with Crippen LogP contribution in [-0.4, -0.2) is 5.75 Å². The van der Waals surface area contributed by atoms with E-state index in [1.807, 2.05) is 0 Å². The number of allylic oxidation sites excluding steroid dienone is 2. The molecule has 0 aromatic heterocycles. The summed E-state index contributed by atoms with van der Waals surface area (Å²) >= 11 is 3.40. The summed E-state index contributed by atoms with van der Waals surface area (Å²) in [6.45, 7) is 2.28. The average Bonchev–Trinajstić information content (AvgIpc) is 2.43. The minimum Gasteiger partial charge on any atom is -0.0885 e. The molecule has 2 heteroatoms. The molecular formula is C17H33BrS. The van der Waals surface area contributed by atoms with Crippen molar-refractivity contribution >= 4 is 25.0 Å². The average molecular weight is 349 g/mol. The highest BCUT2D eigenvalue weighted by atomic mass is 79.9. The van der Waals surface area contributed by atoms with Crippen LogP contribution in [0.3, 0.4) is 0 Å². The zero-order chi connectivity index (χ0) is 14.0. The van der Waals surface area contributed by atoms with Crippen LogP contribution >= 0.6 is 25.0 Å². The lowest BCUT2D eigenvalue weighted by molar-refractivity contribution is 0.610. The molecule has 0 aliphatic carbocycles. The summed E-state index contributed by atoms with van der Waals surface area (Å²) in [6, 6.07) is 0. The molecule has 0 unspecified atom stereocenters. The van der Waals surface area contributed by atoms with Crippen LogP contribution in [0.4, 0.5) is 0 Å². The highest BCUT2D eigenvalue weighted by Crippen LogP contribution is 2.14. The second kappa shape index (κ2) is 18.6. The van der Waals surface area contributed by atoms with Gasteiger partial charge in [0, 0.05) is 5.75 Å². The first-order chi connectivity index (χ1) is 9.41. The highest BCUT2D eigenvalue weighted by molar-refractivity contribution is 9.50. The van der Waals surface area contributed by atoms with Crippen LogP contribution in [0.2, 0.25) is 0 Å². The topological polar surface area (TPSA) is 0 Å². The van der Waals surface area contributed by atoms with Crippen molar-refractivity contribution in [3.05, 3.63) is 12.2 Å². The van der Waals surface area contributed by atoms with Crippen molar-refractivity contribution in [1.29, 1.82) is 0 Å². The lowest BCUT2D eigenvalue weighted by Crippen LogP contribution is -1.80. The van der Waals surface area contributed by atoms with Crippen LogP contribution in [0.1, 0.15) is 90.4 Å². The van der Waals surface area contributed by atoms with Gasteiger partial charge in [-0.3, -0.25) is 0 Å². The summed E-state index contributed by atoms with van der Waals surface area (Å²) in [5, 5.41) is 0. The van der Waals surface area contributed by atoms with Gasteiger partial charge in [-0.15, -0.1) is 0 Å². The number of hydrogen-bond donors (Lipinski definition) is 0. The van der Waals surface area contributed by atoms with Crippen molar-refractivity contribution < 1.29 is 0 Å².